The third kappa shape index (κ3) is 2.97. The normalized spacial score (nSPS) is 13.1. The second-order valence-corrected chi connectivity index (χ2v) is 3.23. The number of ether oxygens (including phenoxy) is 1. The zero-order valence-corrected chi connectivity index (χ0v) is 8.84. The van der Waals surface area contributed by atoms with Crippen LogP contribution >= 0.6 is 0 Å². The largest absolute Gasteiger partial charge is 0.380 e. The number of halogens is 2. The molecule has 0 spiro atoms. The van der Waals surface area contributed by atoms with E-state index in [4.69, 9.17) is 4.74 Å². The van der Waals surface area contributed by atoms with Crippen LogP contribution in [0.25, 0.3) is 0 Å². The zero-order chi connectivity index (χ0) is 11.3. The van der Waals surface area contributed by atoms with E-state index in [1.807, 2.05) is 6.07 Å². The first-order valence-electron chi connectivity index (χ1n) is 4.72. The lowest BCUT2D eigenvalue weighted by atomic mass is 10.0. The molecule has 0 heterocycles. The van der Waals surface area contributed by atoms with Gasteiger partial charge in [0.15, 0.2) is 0 Å². The predicted molar refractivity (Wildman–Crippen MR) is 55.0 cm³/mol. The maximum absolute atomic E-state index is 12.7. The minimum absolute atomic E-state index is 0.348. The quantitative estimate of drug-likeness (QED) is 0.814. The maximum Gasteiger partial charge on any atom is 0.257 e. The van der Waals surface area contributed by atoms with Gasteiger partial charge in [-0.05, 0) is 18.2 Å². The lowest BCUT2D eigenvalue weighted by Crippen LogP contribution is -2.24. The van der Waals surface area contributed by atoms with E-state index in [9.17, 15) is 8.78 Å². The van der Waals surface area contributed by atoms with Crippen LogP contribution < -0.4 is 5.32 Å². The van der Waals surface area contributed by atoms with Crippen LogP contribution in [0.15, 0.2) is 24.3 Å². The van der Waals surface area contributed by atoms with Crippen molar-refractivity contribution in [3.8, 4) is 0 Å². The fourth-order valence-electron chi connectivity index (χ4n) is 1.54. The summed E-state index contributed by atoms with van der Waals surface area (Å²) in [5.74, 6) is 0. The maximum atomic E-state index is 12.7. The third-order valence-electron chi connectivity index (χ3n) is 2.25. The molecule has 0 saturated carbocycles. The second kappa shape index (κ2) is 5.78. The van der Waals surface area contributed by atoms with Gasteiger partial charge in [0.25, 0.3) is 6.43 Å². The van der Waals surface area contributed by atoms with Crippen LogP contribution in [0.4, 0.5) is 8.78 Å². The summed E-state index contributed by atoms with van der Waals surface area (Å²) in [5, 5.41) is 2.61. The Morgan fingerprint density at radius 3 is 2.53 bits per heavy atom. The molecule has 0 fully saturated rings. The highest BCUT2D eigenvalue weighted by Crippen LogP contribution is 2.24. The summed E-state index contributed by atoms with van der Waals surface area (Å²) in [6, 6.07) is 6.13. The average Bonchev–Trinajstić information content (AvgIpc) is 2.21. The molecule has 1 rings (SSSR count). The highest BCUT2D eigenvalue weighted by molar-refractivity contribution is 5.30. The van der Waals surface area contributed by atoms with Crippen LogP contribution in [0.5, 0.6) is 0 Å². The Morgan fingerprint density at radius 2 is 2.00 bits per heavy atom. The molecule has 1 aromatic rings. The number of hydrogen-bond acceptors (Lipinski definition) is 2. The fraction of sp³-hybridized carbons (Fsp3) is 0.455. The lowest BCUT2D eigenvalue weighted by molar-refractivity contribution is 0.100. The Balaban J connectivity index is 2.99. The Bertz CT molecular complexity index is 304. The highest BCUT2D eigenvalue weighted by atomic mass is 19.3. The van der Waals surface area contributed by atoms with Crippen molar-refractivity contribution in [1.29, 1.82) is 0 Å². The Kier molecular flexibility index (Phi) is 4.65. The number of nitrogens with one attached hydrogen (secondary N) is 1. The van der Waals surface area contributed by atoms with Gasteiger partial charge in [0.1, 0.15) is 0 Å². The number of hydrogen-bond donors (Lipinski definition) is 1. The molecule has 0 radical (unpaired) electrons. The van der Waals surface area contributed by atoms with E-state index in [2.05, 4.69) is 5.32 Å². The van der Waals surface area contributed by atoms with Crippen molar-refractivity contribution in [2.75, 3.05) is 14.2 Å². The molecule has 4 heteroatoms. The van der Waals surface area contributed by atoms with E-state index >= 15 is 0 Å². The van der Waals surface area contributed by atoms with E-state index in [0.717, 1.165) is 5.56 Å². The smallest absolute Gasteiger partial charge is 0.257 e. The fourth-order valence-corrected chi connectivity index (χ4v) is 1.54. The molecule has 84 valence electrons. The lowest BCUT2D eigenvalue weighted by Gasteiger charge is -2.18. The first-order valence-corrected chi connectivity index (χ1v) is 4.72. The summed E-state index contributed by atoms with van der Waals surface area (Å²) >= 11 is 0. The molecule has 1 unspecified atom stereocenters. The summed E-state index contributed by atoms with van der Waals surface area (Å²) in [4.78, 5) is 0. The molecule has 1 aromatic carbocycles. The molecular formula is C11H15F2NO. The van der Waals surface area contributed by atoms with Gasteiger partial charge >= 0.3 is 0 Å². The van der Waals surface area contributed by atoms with Gasteiger partial charge in [0, 0.05) is 7.11 Å². The number of alkyl halides is 2. The first-order chi connectivity index (χ1) is 7.20. The van der Waals surface area contributed by atoms with Gasteiger partial charge in [-0.25, -0.2) is 8.78 Å². The van der Waals surface area contributed by atoms with E-state index in [-0.39, 0.29) is 0 Å². The van der Waals surface area contributed by atoms with E-state index in [1.165, 1.54) is 7.05 Å². The average molecular weight is 215 g/mol. The molecule has 1 atom stereocenters. The van der Waals surface area contributed by atoms with Crippen molar-refractivity contribution in [1.82, 2.24) is 5.32 Å². The van der Waals surface area contributed by atoms with Crippen LogP contribution in [0.3, 0.4) is 0 Å². The van der Waals surface area contributed by atoms with Gasteiger partial charge in [-0.2, -0.15) is 0 Å². The van der Waals surface area contributed by atoms with Crippen molar-refractivity contribution in [2.45, 2.75) is 19.1 Å². The monoisotopic (exact) mass is 215 g/mol. The van der Waals surface area contributed by atoms with Gasteiger partial charge in [0.2, 0.25) is 0 Å². The van der Waals surface area contributed by atoms with Crippen molar-refractivity contribution < 1.29 is 13.5 Å². The van der Waals surface area contributed by atoms with E-state index < -0.39 is 12.5 Å². The van der Waals surface area contributed by atoms with Crippen LogP contribution in [-0.4, -0.2) is 20.6 Å². The summed E-state index contributed by atoms with van der Waals surface area (Å²) in [5.41, 5.74) is 1.39. The molecule has 0 amide bonds. The summed E-state index contributed by atoms with van der Waals surface area (Å²) in [6.45, 7) is 0.348. The SMILES string of the molecule is CNC(c1ccccc1COC)C(F)F. The predicted octanol–water partition coefficient (Wildman–Crippen LogP) is 2.36. The number of methoxy groups -OCH3 is 1. The molecule has 0 aliphatic rings. The van der Waals surface area contributed by atoms with Crippen molar-refractivity contribution in [3.05, 3.63) is 35.4 Å². The Labute approximate surface area is 88.3 Å². The topological polar surface area (TPSA) is 21.3 Å². The molecule has 0 saturated heterocycles. The molecule has 0 bridgehead atoms. The molecular weight excluding hydrogens is 200 g/mol. The van der Waals surface area contributed by atoms with Crippen LogP contribution in [0.2, 0.25) is 0 Å². The number of benzene rings is 1. The molecule has 0 aliphatic carbocycles. The first kappa shape index (κ1) is 12.1. The molecule has 0 aliphatic heterocycles. The minimum atomic E-state index is -2.42. The molecule has 2 nitrogen and oxygen atoms in total. The van der Waals surface area contributed by atoms with E-state index in [1.54, 1.807) is 25.3 Å². The van der Waals surface area contributed by atoms with Crippen molar-refractivity contribution in [2.24, 2.45) is 0 Å². The van der Waals surface area contributed by atoms with E-state index in [0.29, 0.717) is 12.2 Å². The standard InChI is InChI=1S/C11H15F2NO/c1-14-10(11(12)13)9-6-4-3-5-8(9)7-15-2/h3-6,10-11,14H,7H2,1-2H3. The number of rotatable bonds is 5. The molecule has 15 heavy (non-hydrogen) atoms. The molecule has 1 N–H and O–H groups in total. The van der Waals surface area contributed by atoms with Crippen LogP contribution in [0.1, 0.15) is 17.2 Å². The Morgan fingerprint density at radius 1 is 1.33 bits per heavy atom. The second-order valence-electron chi connectivity index (χ2n) is 3.23. The van der Waals surface area contributed by atoms with Gasteiger partial charge < -0.3 is 10.1 Å². The van der Waals surface area contributed by atoms with Gasteiger partial charge in [-0.15, -0.1) is 0 Å². The molecule has 0 aromatic heterocycles. The highest BCUT2D eigenvalue weighted by Gasteiger charge is 2.22. The minimum Gasteiger partial charge on any atom is -0.380 e. The Hall–Kier alpha value is -1.00. The van der Waals surface area contributed by atoms with Crippen LogP contribution in [0, 0.1) is 0 Å². The van der Waals surface area contributed by atoms with Crippen molar-refractivity contribution in [3.63, 3.8) is 0 Å². The van der Waals surface area contributed by atoms with Crippen molar-refractivity contribution >= 4 is 0 Å². The third-order valence-corrected chi connectivity index (χ3v) is 2.25. The van der Waals surface area contributed by atoms with Gasteiger partial charge in [-0.1, -0.05) is 24.3 Å². The van der Waals surface area contributed by atoms with Gasteiger partial charge in [-0.3, -0.25) is 0 Å². The summed E-state index contributed by atoms with van der Waals surface area (Å²) in [7, 11) is 3.08. The zero-order valence-electron chi connectivity index (χ0n) is 8.84. The summed E-state index contributed by atoms with van der Waals surface area (Å²) < 4.78 is 30.4. The van der Waals surface area contributed by atoms with Gasteiger partial charge in [0.05, 0.1) is 12.6 Å². The van der Waals surface area contributed by atoms with Crippen LogP contribution in [-0.2, 0) is 11.3 Å². The summed E-state index contributed by atoms with van der Waals surface area (Å²) in [6.07, 6.45) is -2.42.